The summed E-state index contributed by atoms with van der Waals surface area (Å²) in [5, 5.41) is 0. The summed E-state index contributed by atoms with van der Waals surface area (Å²) in [5.74, 6) is -0.880. The number of hydrogen-bond donors (Lipinski definition) is 1. The molecule has 0 saturated heterocycles. The Morgan fingerprint density at radius 3 is 2.50 bits per heavy atom. The number of aromatic amines is 1. The van der Waals surface area contributed by atoms with Gasteiger partial charge in [-0.25, -0.2) is 4.79 Å². The molecule has 0 radical (unpaired) electrons. The van der Waals surface area contributed by atoms with Gasteiger partial charge in [-0.1, -0.05) is 0 Å². The van der Waals surface area contributed by atoms with Gasteiger partial charge in [0.2, 0.25) is 5.78 Å². The molecular weight excluding hydrogens is 350 g/mol. The second-order valence-electron chi connectivity index (χ2n) is 6.86. The van der Waals surface area contributed by atoms with E-state index in [4.69, 9.17) is 4.74 Å². The fourth-order valence-electron chi connectivity index (χ4n) is 3.59. The molecule has 2 aromatic rings. The summed E-state index contributed by atoms with van der Waals surface area (Å²) >= 11 is 1.47. The molecule has 1 N–H and O–H groups in total. The summed E-state index contributed by atoms with van der Waals surface area (Å²) in [6.45, 7) is 6.53. The number of Topliss-reactive ketones (excluding diaryl/α,β-unsaturated/α-hetero) is 2. The zero-order chi connectivity index (χ0) is 19.0. The van der Waals surface area contributed by atoms with E-state index in [0.717, 1.165) is 25.7 Å². The molecule has 0 aliphatic heterocycles. The van der Waals surface area contributed by atoms with Crippen LogP contribution in [-0.4, -0.2) is 28.6 Å². The summed E-state index contributed by atoms with van der Waals surface area (Å²) in [6.07, 6.45) is 3.40. The van der Waals surface area contributed by atoms with Crippen LogP contribution in [-0.2, 0) is 17.6 Å². The number of carbonyl (C=O) groups is 3. The molecule has 5 nitrogen and oxygen atoms in total. The lowest BCUT2D eigenvalue weighted by atomic mass is 9.99. The van der Waals surface area contributed by atoms with E-state index < -0.39 is 12.1 Å². The first-order chi connectivity index (χ1) is 12.3. The van der Waals surface area contributed by atoms with Gasteiger partial charge in [0.05, 0.1) is 5.69 Å². The number of ketones is 2. The first-order valence-electron chi connectivity index (χ1n) is 8.86. The smallest absolute Gasteiger partial charge is 0.349 e. The van der Waals surface area contributed by atoms with Gasteiger partial charge < -0.3 is 9.72 Å². The monoisotopic (exact) mass is 373 g/mol. The average molecular weight is 373 g/mol. The SMILES string of the molecule is CC(=O)c1c(C)[nH]c(C(=O)[C@@H](C)OC(=O)c2cc3c(s2)CCCC3)c1C. The number of carbonyl (C=O) groups excluding carboxylic acids is 3. The topological polar surface area (TPSA) is 76.2 Å². The van der Waals surface area contributed by atoms with Gasteiger partial charge in [0, 0.05) is 16.1 Å². The van der Waals surface area contributed by atoms with Crippen LogP contribution in [0.5, 0.6) is 0 Å². The molecule has 0 aromatic carbocycles. The lowest BCUT2D eigenvalue weighted by Crippen LogP contribution is -2.25. The highest BCUT2D eigenvalue weighted by molar-refractivity contribution is 7.14. The summed E-state index contributed by atoms with van der Waals surface area (Å²) in [5.41, 5.74) is 3.35. The van der Waals surface area contributed by atoms with Crippen molar-refractivity contribution in [2.75, 3.05) is 0 Å². The predicted octanol–water partition coefficient (Wildman–Crippen LogP) is 4.20. The van der Waals surface area contributed by atoms with Crippen molar-refractivity contribution in [3.8, 4) is 0 Å². The third kappa shape index (κ3) is 3.38. The van der Waals surface area contributed by atoms with Gasteiger partial charge in [-0.05, 0) is 70.6 Å². The number of aryl methyl sites for hydroxylation is 3. The molecule has 26 heavy (non-hydrogen) atoms. The predicted molar refractivity (Wildman–Crippen MR) is 100 cm³/mol. The largest absolute Gasteiger partial charge is 0.450 e. The zero-order valence-electron chi connectivity index (χ0n) is 15.5. The fourth-order valence-corrected chi connectivity index (χ4v) is 4.73. The summed E-state index contributed by atoms with van der Waals surface area (Å²) in [7, 11) is 0. The van der Waals surface area contributed by atoms with Crippen LogP contribution >= 0.6 is 11.3 Å². The van der Waals surface area contributed by atoms with Gasteiger partial charge in [0.1, 0.15) is 4.88 Å². The molecular formula is C20H23NO4S. The number of ether oxygens (including phenoxy) is 1. The molecule has 0 spiro atoms. The average Bonchev–Trinajstić information content (AvgIpc) is 3.14. The first kappa shape index (κ1) is 18.6. The summed E-state index contributed by atoms with van der Waals surface area (Å²) in [6, 6.07) is 1.90. The Hall–Kier alpha value is -2.21. The minimum absolute atomic E-state index is 0.0934. The lowest BCUT2D eigenvalue weighted by Gasteiger charge is -2.11. The van der Waals surface area contributed by atoms with Crippen LogP contribution in [0.4, 0.5) is 0 Å². The van der Waals surface area contributed by atoms with E-state index >= 15 is 0 Å². The van der Waals surface area contributed by atoms with Crippen molar-refractivity contribution >= 4 is 28.9 Å². The Balaban J connectivity index is 1.75. The van der Waals surface area contributed by atoms with E-state index in [1.54, 1.807) is 20.8 Å². The van der Waals surface area contributed by atoms with Crippen LogP contribution in [0.3, 0.4) is 0 Å². The highest BCUT2D eigenvalue weighted by Gasteiger charge is 2.27. The van der Waals surface area contributed by atoms with Gasteiger partial charge in [-0.2, -0.15) is 0 Å². The zero-order valence-corrected chi connectivity index (χ0v) is 16.3. The Kier molecular flexibility index (Phi) is 5.14. The second kappa shape index (κ2) is 7.19. The molecule has 0 fully saturated rings. The van der Waals surface area contributed by atoms with E-state index in [0.29, 0.717) is 27.4 Å². The van der Waals surface area contributed by atoms with Crippen molar-refractivity contribution in [3.05, 3.63) is 43.9 Å². The van der Waals surface area contributed by atoms with Crippen molar-refractivity contribution in [3.63, 3.8) is 0 Å². The van der Waals surface area contributed by atoms with Crippen molar-refractivity contribution in [2.24, 2.45) is 0 Å². The number of aromatic nitrogens is 1. The third-order valence-electron chi connectivity index (χ3n) is 4.89. The Morgan fingerprint density at radius 2 is 1.88 bits per heavy atom. The molecule has 0 bridgehead atoms. The first-order valence-corrected chi connectivity index (χ1v) is 9.68. The normalized spacial score (nSPS) is 14.6. The maximum absolute atomic E-state index is 12.7. The molecule has 1 aliphatic rings. The van der Waals surface area contributed by atoms with Gasteiger partial charge in [0.25, 0.3) is 0 Å². The molecule has 1 atom stereocenters. The number of fused-ring (bicyclic) bond motifs is 1. The van der Waals surface area contributed by atoms with Crippen molar-refractivity contribution in [2.45, 2.75) is 59.5 Å². The molecule has 3 rings (SSSR count). The fraction of sp³-hybridized carbons (Fsp3) is 0.450. The van der Waals surface area contributed by atoms with E-state index in [9.17, 15) is 14.4 Å². The Labute approximate surface area is 156 Å². The summed E-state index contributed by atoms with van der Waals surface area (Å²) in [4.78, 5) is 41.7. The van der Waals surface area contributed by atoms with Crippen molar-refractivity contribution in [1.82, 2.24) is 4.98 Å². The van der Waals surface area contributed by atoms with Crippen LogP contribution < -0.4 is 0 Å². The standard InChI is InChI=1S/C20H23NO4S/c1-10-17(12(3)22)11(2)21-18(10)19(23)13(4)25-20(24)16-9-14-7-5-6-8-15(14)26-16/h9,13,21H,5-8H2,1-4H3/t13-/m1/s1. The number of nitrogens with one attached hydrogen (secondary N) is 1. The Bertz CT molecular complexity index is 867. The molecule has 1 aliphatic carbocycles. The van der Waals surface area contributed by atoms with Gasteiger partial charge in [-0.15, -0.1) is 11.3 Å². The molecule has 2 heterocycles. The highest BCUT2D eigenvalue weighted by Crippen LogP contribution is 2.30. The van der Waals surface area contributed by atoms with Crippen LogP contribution in [0, 0.1) is 13.8 Å². The van der Waals surface area contributed by atoms with Crippen molar-refractivity contribution < 1.29 is 19.1 Å². The minimum Gasteiger partial charge on any atom is -0.450 e. The maximum Gasteiger partial charge on any atom is 0.349 e. The molecule has 2 aromatic heterocycles. The highest BCUT2D eigenvalue weighted by atomic mass is 32.1. The van der Waals surface area contributed by atoms with Gasteiger partial charge in [0.15, 0.2) is 11.9 Å². The molecule has 0 unspecified atom stereocenters. The van der Waals surface area contributed by atoms with E-state index in [1.165, 1.54) is 28.7 Å². The number of H-pyrrole nitrogens is 1. The lowest BCUT2D eigenvalue weighted by molar-refractivity contribution is 0.0321. The molecule has 138 valence electrons. The van der Waals surface area contributed by atoms with Crippen LogP contribution in [0.2, 0.25) is 0 Å². The van der Waals surface area contributed by atoms with Crippen LogP contribution in [0.15, 0.2) is 6.07 Å². The number of esters is 1. The number of thiophene rings is 1. The Morgan fingerprint density at radius 1 is 1.19 bits per heavy atom. The van der Waals surface area contributed by atoms with Gasteiger partial charge >= 0.3 is 5.97 Å². The van der Waals surface area contributed by atoms with E-state index in [-0.39, 0.29) is 11.6 Å². The molecule has 0 saturated carbocycles. The number of hydrogen-bond acceptors (Lipinski definition) is 5. The second-order valence-corrected chi connectivity index (χ2v) is 8.00. The minimum atomic E-state index is -0.918. The van der Waals surface area contributed by atoms with Gasteiger partial charge in [-0.3, -0.25) is 9.59 Å². The quantitative estimate of drug-likeness (QED) is 0.629. The molecule has 0 amide bonds. The third-order valence-corrected chi connectivity index (χ3v) is 6.10. The van der Waals surface area contributed by atoms with E-state index in [2.05, 4.69) is 4.98 Å². The summed E-state index contributed by atoms with van der Waals surface area (Å²) < 4.78 is 5.41. The maximum atomic E-state index is 12.7. The van der Waals surface area contributed by atoms with Crippen molar-refractivity contribution in [1.29, 1.82) is 0 Å². The van der Waals surface area contributed by atoms with Crippen LogP contribution in [0.1, 0.15) is 78.9 Å². The molecule has 6 heteroatoms. The number of rotatable bonds is 5. The van der Waals surface area contributed by atoms with Crippen LogP contribution in [0.25, 0.3) is 0 Å². The van der Waals surface area contributed by atoms with E-state index in [1.807, 2.05) is 6.07 Å².